The summed E-state index contributed by atoms with van der Waals surface area (Å²) >= 11 is 5.80. The fraction of sp³-hybridized carbons (Fsp3) is 0.273. The van der Waals surface area contributed by atoms with Gasteiger partial charge in [-0.05, 0) is 31.5 Å². The fourth-order valence-corrected chi connectivity index (χ4v) is 1.42. The molecule has 0 saturated carbocycles. The second kappa shape index (κ2) is 5.07. The van der Waals surface area contributed by atoms with Gasteiger partial charge >= 0.3 is 0 Å². The number of hydrogen-bond acceptors (Lipinski definition) is 2. The van der Waals surface area contributed by atoms with E-state index in [0.717, 1.165) is 6.07 Å². The van der Waals surface area contributed by atoms with Crippen molar-refractivity contribution in [3.8, 4) is 0 Å². The number of nitrogens with one attached hydrogen (secondary N) is 1. The van der Waals surface area contributed by atoms with Gasteiger partial charge in [0.2, 0.25) is 0 Å². The first-order chi connectivity index (χ1) is 7.41. The standard InChI is InChI=1S/C11H11ClFNO2/c1-6-3-9(12)8(4-10(6)13)11(16)14-5-7(2)15/h3-4H,5H2,1-2H3,(H,14,16). The molecule has 1 aromatic carbocycles. The molecule has 16 heavy (non-hydrogen) atoms. The van der Waals surface area contributed by atoms with E-state index in [9.17, 15) is 14.0 Å². The lowest BCUT2D eigenvalue weighted by Gasteiger charge is -2.06. The molecule has 86 valence electrons. The molecule has 0 aromatic heterocycles. The minimum absolute atomic E-state index is 0.0333. The van der Waals surface area contributed by atoms with Crippen molar-refractivity contribution in [2.24, 2.45) is 0 Å². The predicted octanol–water partition coefficient (Wildman–Crippen LogP) is 2.11. The van der Waals surface area contributed by atoms with Gasteiger partial charge in [0.05, 0.1) is 17.1 Å². The molecule has 0 aliphatic heterocycles. The molecule has 0 heterocycles. The Bertz CT molecular complexity index is 446. The van der Waals surface area contributed by atoms with Gasteiger partial charge in [0, 0.05) is 0 Å². The first-order valence-corrected chi connectivity index (χ1v) is 5.03. The van der Waals surface area contributed by atoms with Gasteiger partial charge in [-0.25, -0.2) is 4.39 Å². The Morgan fingerprint density at radius 3 is 2.62 bits per heavy atom. The van der Waals surface area contributed by atoms with E-state index >= 15 is 0 Å². The molecule has 0 unspecified atom stereocenters. The summed E-state index contributed by atoms with van der Waals surface area (Å²) in [7, 11) is 0. The molecule has 1 N–H and O–H groups in total. The van der Waals surface area contributed by atoms with Crippen LogP contribution in [0.1, 0.15) is 22.8 Å². The van der Waals surface area contributed by atoms with E-state index in [2.05, 4.69) is 5.32 Å². The van der Waals surface area contributed by atoms with E-state index in [1.165, 1.54) is 13.0 Å². The summed E-state index contributed by atoms with van der Waals surface area (Å²) in [5, 5.41) is 2.51. The summed E-state index contributed by atoms with van der Waals surface area (Å²) in [4.78, 5) is 22.2. The first kappa shape index (κ1) is 12.6. The van der Waals surface area contributed by atoms with Gasteiger partial charge in [-0.3, -0.25) is 9.59 Å². The van der Waals surface area contributed by atoms with Gasteiger partial charge in [0.25, 0.3) is 5.91 Å². The zero-order valence-electron chi connectivity index (χ0n) is 8.93. The lowest BCUT2D eigenvalue weighted by molar-refractivity contribution is -0.116. The van der Waals surface area contributed by atoms with Crippen LogP contribution in [0.15, 0.2) is 12.1 Å². The van der Waals surface area contributed by atoms with Crippen LogP contribution < -0.4 is 5.32 Å². The zero-order chi connectivity index (χ0) is 12.3. The summed E-state index contributed by atoms with van der Waals surface area (Å²) in [5.41, 5.74) is 0.402. The highest BCUT2D eigenvalue weighted by molar-refractivity contribution is 6.33. The quantitative estimate of drug-likeness (QED) is 0.884. The lowest BCUT2D eigenvalue weighted by Crippen LogP contribution is -2.28. The molecule has 0 spiro atoms. The molecule has 0 saturated heterocycles. The van der Waals surface area contributed by atoms with E-state index in [-0.39, 0.29) is 22.9 Å². The van der Waals surface area contributed by atoms with Crippen molar-refractivity contribution in [3.63, 3.8) is 0 Å². The van der Waals surface area contributed by atoms with Crippen LogP contribution in [-0.4, -0.2) is 18.2 Å². The highest BCUT2D eigenvalue weighted by Gasteiger charge is 2.13. The summed E-state index contributed by atoms with van der Waals surface area (Å²) in [5.74, 6) is -1.24. The third-order valence-electron chi connectivity index (χ3n) is 1.99. The first-order valence-electron chi connectivity index (χ1n) is 4.65. The van der Waals surface area contributed by atoms with Gasteiger partial charge in [0.1, 0.15) is 11.6 Å². The zero-order valence-corrected chi connectivity index (χ0v) is 9.69. The number of carbonyl (C=O) groups is 2. The Balaban J connectivity index is 2.91. The SMILES string of the molecule is CC(=O)CNC(=O)c1cc(F)c(C)cc1Cl. The van der Waals surface area contributed by atoms with Crippen molar-refractivity contribution in [3.05, 3.63) is 34.1 Å². The smallest absolute Gasteiger partial charge is 0.253 e. The van der Waals surface area contributed by atoms with Crippen molar-refractivity contribution >= 4 is 23.3 Å². The number of carbonyl (C=O) groups excluding carboxylic acids is 2. The van der Waals surface area contributed by atoms with E-state index in [1.807, 2.05) is 0 Å². The van der Waals surface area contributed by atoms with Gasteiger partial charge in [-0.1, -0.05) is 11.6 Å². The molecule has 1 aromatic rings. The topological polar surface area (TPSA) is 46.2 Å². The summed E-state index contributed by atoms with van der Waals surface area (Å²) < 4.78 is 13.2. The van der Waals surface area contributed by atoms with Crippen molar-refractivity contribution in [1.29, 1.82) is 0 Å². The number of rotatable bonds is 3. The maximum atomic E-state index is 13.2. The van der Waals surface area contributed by atoms with Gasteiger partial charge in [-0.15, -0.1) is 0 Å². The van der Waals surface area contributed by atoms with Crippen LogP contribution in [0.2, 0.25) is 5.02 Å². The Labute approximate surface area is 97.6 Å². The van der Waals surface area contributed by atoms with Crippen molar-refractivity contribution in [2.75, 3.05) is 6.54 Å². The van der Waals surface area contributed by atoms with Crippen molar-refractivity contribution in [2.45, 2.75) is 13.8 Å². The Morgan fingerprint density at radius 2 is 2.06 bits per heavy atom. The number of halogens is 2. The predicted molar refractivity (Wildman–Crippen MR) is 59.2 cm³/mol. The molecule has 0 aliphatic carbocycles. The lowest BCUT2D eigenvalue weighted by atomic mass is 10.1. The number of benzene rings is 1. The normalized spacial score (nSPS) is 10.0. The third kappa shape index (κ3) is 3.03. The Hall–Kier alpha value is -1.42. The maximum Gasteiger partial charge on any atom is 0.253 e. The minimum atomic E-state index is -0.556. The van der Waals surface area contributed by atoms with Crippen LogP contribution in [0.4, 0.5) is 4.39 Å². The molecule has 5 heteroatoms. The average Bonchev–Trinajstić information content (AvgIpc) is 2.20. The van der Waals surface area contributed by atoms with Gasteiger partial charge in [-0.2, -0.15) is 0 Å². The van der Waals surface area contributed by atoms with Gasteiger partial charge < -0.3 is 5.32 Å². The van der Waals surface area contributed by atoms with Crippen LogP contribution >= 0.6 is 11.6 Å². The van der Waals surface area contributed by atoms with E-state index in [0.29, 0.717) is 5.56 Å². The third-order valence-corrected chi connectivity index (χ3v) is 2.30. The van der Waals surface area contributed by atoms with E-state index in [1.54, 1.807) is 6.92 Å². The van der Waals surface area contributed by atoms with Crippen LogP contribution in [-0.2, 0) is 4.79 Å². The molecule has 0 bridgehead atoms. The Kier molecular flexibility index (Phi) is 4.01. The molecule has 3 nitrogen and oxygen atoms in total. The number of ketones is 1. The van der Waals surface area contributed by atoms with Crippen molar-refractivity contribution in [1.82, 2.24) is 5.32 Å². The number of hydrogen-bond donors (Lipinski definition) is 1. The summed E-state index contributed by atoms with van der Waals surface area (Å²) in [6, 6.07) is 2.44. The largest absolute Gasteiger partial charge is 0.345 e. The molecular weight excluding hydrogens is 233 g/mol. The average molecular weight is 244 g/mol. The molecule has 0 radical (unpaired) electrons. The monoisotopic (exact) mass is 243 g/mol. The number of Topliss-reactive ketones (excluding diaryl/α,β-unsaturated/α-hetero) is 1. The van der Waals surface area contributed by atoms with Gasteiger partial charge in [0.15, 0.2) is 0 Å². The molecular formula is C11H11ClFNO2. The van der Waals surface area contributed by atoms with Crippen LogP contribution in [0.25, 0.3) is 0 Å². The van der Waals surface area contributed by atoms with Crippen molar-refractivity contribution < 1.29 is 14.0 Å². The highest BCUT2D eigenvalue weighted by Crippen LogP contribution is 2.20. The van der Waals surface area contributed by atoms with Crippen LogP contribution in [0.3, 0.4) is 0 Å². The molecule has 0 fully saturated rings. The fourth-order valence-electron chi connectivity index (χ4n) is 1.12. The summed E-state index contributed by atoms with van der Waals surface area (Å²) in [6.45, 7) is 2.81. The Morgan fingerprint density at radius 1 is 1.44 bits per heavy atom. The molecule has 1 rings (SSSR count). The second-order valence-electron chi connectivity index (χ2n) is 3.47. The maximum absolute atomic E-state index is 13.2. The molecule has 0 atom stereocenters. The van der Waals surface area contributed by atoms with E-state index in [4.69, 9.17) is 11.6 Å². The number of aryl methyl sites for hydroxylation is 1. The highest BCUT2D eigenvalue weighted by atomic mass is 35.5. The van der Waals surface area contributed by atoms with E-state index < -0.39 is 11.7 Å². The molecule has 0 aliphatic rings. The second-order valence-corrected chi connectivity index (χ2v) is 3.87. The summed E-state index contributed by atoms with van der Waals surface area (Å²) in [6.07, 6.45) is 0. The van der Waals surface area contributed by atoms with Crippen LogP contribution in [0.5, 0.6) is 0 Å². The minimum Gasteiger partial charge on any atom is -0.345 e. The van der Waals surface area contributed by atoms with Crippen LogP contribution in [0, 0.1) is 12.7 Å². The molecule has 1 amide bonds. The number of amides is 1.